The Labute approximate surface area is 189 Å². The van der Waals surface area contributed by atoms with Gasteiger partial charge in [0.05, 0.1) is 0 Å². The molecule has 4 aromatic carbocycles. The van der Waals surface area contributed by atoms with Crippen molar-refractivity contribution in [3.63, 3.8) is 0 Å². The Hall–Kier alpha value is -4.44. The molecule has 0 fully saturated rings. The molecule has 4 nitrogen and oxygen atoms in total. The summed E-state index contributed by atoms with van der Waals surface area (Å²) in [5, 5.41) is 13.6. The van der Waals surface area contributed by atoms with Gasteiger partial charge in [0.2, 0.25) is 0 Å². The summed E-state index contributed by atoms with van der Waals surface area (Å²) in [6, 6.07) is 31.4. The van der Waals surface area contributed by atoms with Crippen molar-refractivity contribution < 1.29 is 4.42 Å². The number of benzene rings is 4. The van der Waals surface area contributed by atoms with E-state index in [9.17, 15) is 0 Å². The highest BCUT2D eigenvalue weighted by Gasteiger charge is 2.14. The van der Waals surface area contributed by atoms with Gasteiger partial charge in [-0.2, -0.15) is 0 Å². The first kappa shape index (κ1) is 18.2. The van der Waals surface area contributed by atoms with E-state index in [-0.39, 0.29) is 0 Å². The van der Waals surface area contributed by atoms with Crippen molar-refractivity contribution in [2.45, 2.75) is 6.92 Å². The Balaban J connectivity index is 1.35. The van der Waals surface area contributed by atoms with Crippen molar-refractivity contribution in [3.8, 4) is 22.5 Å². The monoisotopic (exact) mass is 425 g/mol. The van der Waals surface area contributed by atoms with Gasteiger partial charge in [0.1, 0.15) is 11.2 Å². The number of nitrogens with zero attached hydrogens (tertiary/aromatic N) is 3. The Morgan fingerprint density at radius 2 is 1.39 bits per heavy atom. The van der Waals surface area contributed by atoms with E-state index in [0.717, 1.165) is 55.5 Å². The highest BCUT2D eigenvalue weighted by molar-refractivity contribution is 6.09. The maximum absolute atomic E-state index is 6.22. The quantitative estimate of drug-likeness (QED) is 0.289. The lowest BCUT2D eigenvalue weighted by Crippen LogP contribution is -1.91. The van der Waals surface area contributed by atoms with E-state index in [1.165, 1.54) is 10.9 Å². The molecule has 0 aliphatic carbocycles. The van der Waals surface area contributed by atoms with E-state index in [4.69, 9.17) is 4.42 Å². The highest BCUT2D eigenvalue weighted by atomic mass is 16.3. The molecule has 0 saturated heterocycles. The fourth-order valence-electron chi connectivity index (χ4n) is 4.83. The van der Waals surface area contributed by atoms with Gasteiger partial charge in [0.25, 0.3) is 0 Å². The molecule has 156 valence electrons. The summed E-state index contributed by atoms with van der Waals surface area (Å²) < 4.78 is 8.29. The number of furan rings is 1. The van der Waals surface area contributed by atoms with Crippen molar-refractivity contribution in [1.29, 1.82) is 0 Å². The predicted octanol–water partition coefficient (Wildman–Crippen LogP) is 7.42. The normalized spacial score (nSPS) is 11.8. The van der Waals surface area contributed by atoms with Gasteiger partial charge in [0.15, 0.2) is 11.5 Å². The largest absolute Gasteiger partial charge is 0.455 e. The molecule has 33 heavy (non-hydrogen) atoms. The molecule has 4 heteroatoms. The predicted molar refractivity (Wildman–Crippen MR) is 133 cm³/mol. The zero-order valence-electron chi connectivity index (χ0n) is 18.0. The number of hydrogen-bond acceptors (Lipinski definition) is 3. The summed E-state index contributed by atoms with van der Waals surface area (Å²) in [5.41, 5.74) is 7.16. The summed E-state index contributed by atoms with van der Waals surface area (Å²) in [6.07, 6.45) is 2.06. The van der Waals surface area contributed by atoms with Crippen LogP contribution in [-0.2, 0) is 0 Å². The molecule has 3 aromatic heterocycles. The van der Waals surface area contributed by atoms with Crippen LogP contribution in [0, 0.1) is 6.92 Å². The molecular formula is C29H19N3O. The summed E-state index contributed by atoms with van der Waals surface area (Å²) in [6.45, 7) is 2.12. The fourth-order valence-corrected chi connectivity index (χ4v) is 4.83. The number of aryl methyl sites for hydroxylation is 1. The van der Waals surface area contributed by atoms with Gasteiger partial charge >= 0.3 is 0 Å². The van der Waals surface area contributed by atoms with Gasteiger partial charge in [-0.3, -0.25) is 4.40 Å². The van der Waals surface area contributed by atoms with Gasteiger partial charge in [0, 0.05) is 33.5 Å². The molecule has 0 saturated carbocycles. The Morgan fingerprint density at radius 3 is 2.30 bits per heavy atom. The number of aromatic nitrogens is 3. The summed E-state index contributed by atoms with van der Waals surface area (Å²) >= 11 is 0. The molecule has 7 rings (SSSR count). The van der Waals surface area contributed by atoms with Gasteiger partial charge in [-0.05, 0) is 35.6 Å². The lowest BCUT2D eigenvalue weighted by Gasteiger charge is -2.06. The Morgan fingerprint density at radius 1 is 0.636 bits per heavy atom. The first-order valence-corrected chi connectivity index (χ1v) is 11.0. The average Bonchev–Trinajstić information content (AvgIpc) is 3.46. The Kier molecular flexibility index (Phi) is 3.73. The van der Waals surface area contributed by atoms with Crippen molar-refractivity contribution in [2.75, 3.05) is 0 Å². The smallest absolute Gasteiger partial charge is 0.168 e. The first-order chi connectivity index (χ1) is 16.3. The second-order valence-electron chi connectivity index (χ2n) is 8.43. The van der Waals surface area contributed by atoms with Crippen molar-refractivity contribution >= 4 is 38.4 Å². The lowest BCUT2D eigenvalue weighted by molar-refractivity contribution is 0.670. The zero-order chi connectivity index (χ0) is 21.9. The van der Waals surface area contributed by atoms with Crippen LogP contribution in [0.1, 0.15) is 5.56 Å². The van der Waals surface area contributed by atoms with E-state index >= 15 is 0 Å². The maximum Gasteiger partial charge on any atom is 0.168 e. The van der Waals surface area contributed by atoms with Gasteiger partial charge in [-0.15, -0.1) is 10.2 Å². The fraction of sp³-hybridized carbons (Fsp3) is 0.0345. The molecule has 3 heterocycles. The number of hydrogen-bond donors (Lipinski definition) is 0. The van der Waals surface area contributed by atoms with Crippen LogP contribution in [0.2, 0.25) is 0 Å². The standard InChI is InChI=1S/C29H19N3O/c1-18-6-4-10-25-21(18)16-17-32-28(30-31-29(25)32)20-14-12-19(13-15-20)22-8-5-9-24-23-7-2-3-11-26(23)33-27(22)24/h2-17H,1H3. The lowest BCUT2D eigenvalue weighted by atomic mass is 10.0. The van der Waals surface area contributed by atoms with Crippen LogP contribution in [-0.4, -0.2) is 14.6 Å². The van der Waals surface area contributed by atoms with Crippen LogP contribution in [0.3, 0.4) is 0 Å². The van der Waals surface area contributed by atoms with Crippen LogP contribution >= 0.6 is 0 Å². The molecule has 7 aromatic rings. The average molecular weight is 425 g/mol. The van der Waals surface area contributed by atoms with E-state index in [1.807, 2.05) is 18.2 Å². The SMILES string of the molecule is Cc1cccc2c1ccn1c(-c3ccc(-c4cccc5c4oc4ccccc45)cc3)nnc21. The highest BCUT2D eigenvalue weighted by Crippen LogP contribution is 2.36. The first-order valence-electron chi connectivity index (χ1n) is 11.0. The van der Waals surface area contributed by atoms with E-state index in [1.54, 1.807) is 0 Å². The second kappa shape index (κ2) is 6.78. The number of fused-ring (bicyclic) bond motifs is 6. The molecule has 0 atom stereocenters. The minimum absolute atomic E-state index is 0.835. The van der Waals surface area contributed by atoms with Crippen LogP contribution in [0.5, 0.6) is 0 Å². The molecule has 0 amide bonds. The summed E-state index contributed by atoms with van der Waals surface area (Å²) in [4.78, 5) is 0. The van der Waals surface area contributed by atoms with E-state index in [2.05, 4.69) is 101 Å². The van der Waals surface area contributed by atoms with Crippen molar-refractivity contribution in [1.82, 2.24) is 14.6 Å². The van der Waals surface area contributed by atoms with Crippen molar-refractivity contribution in [3.05, 3.63) is 103 Å². The third-order valence-corrected chi connectivity index (χ3v) is 6.51. The van der Waals surface area contributed by atoms with Gasteiger partial charge in [-0.1, -0.05) is 78.9 Å². The molecular weight excluding hydrogens is 406 g/mol. The molecule has 0 unspecified atom stereocenters. The van der Waals surface area contributed by atoms with Crippen molar-refractivity contribution in [2.24, 2.45) is 0 Å². The summed E-state index contributed by atoms with van der Waals surface area (Å²) in [7, 11) is 0. The van der Waals surface area contributed by atoms with Crippen LogP contribution in [0.4, 0.5) is 0 Å². The topological polar surface area (TPSA) is 43.3 Å². The summed E-state index contributed by atoms with van der Waals surface area (Å²) in [5.74, 6) is 0.835. The number of rotatable bonds is 2. The van der Waals surface area contributed by atoms with Crippen LogP contribution in [0.25, 0.3) is 60.9 Å². The number of pyridine rings is 1. The molecule has 0 radical (unpaired) electrons. The third kappa shape index (κ3) is 2.64. The second-order valence-corrected chi connectivity index (χ2v) is 8.43. The molecule has 0 aliphatic heterocycles. The minimum Gasteiger partial charge on any atom is -0.455 e. The maximum atomic E-state index is 6.22. The van der Waals surface area contributed by atoms with E-state index < -0.39 is 0 Å². The molecule has 0 N–H and O–H groups in total. The van der Waals surface area contributed by atoms with Gasteiger partial charge < -0.3 is 4.42 Å². The Bertz CT molecular complexity index is 1820. The molecule has 0 spiro atoms. The number of para-hydroxylation sites is 2. The molecule has 0 bridgehead atoms. The van der Waals surface area contributed by atoms with Crippen LogP contribution in [0.15, 0.2) is 102 Å². The third-order valence-electron chi connectivity index (χ3n) is 6.51. The minimum atomic E-state index is 0.835. The van der Waals surface area contributed by atoms with E-state index in [0.29, 0.717) is 0 Å². The van der Waals surface area contributed by atoms with Gasteiger partial charge in [-0.25, -0.2) is 0 Å². The zero-order valence-corrected chi connectivity index (χ0v) is 18.0. The molecule has 0 aliphatic rings. The van der Waals surface area contributed by atoms with Crippen LogP contribution < -0.4 is 0 Å².